The number of carbonyl (C=O) groups is 1. The van der Waals surface area contributed by atoms with Gasteiger partial charge < -0.3 is 10.2 Å². The second-order valence-electron chi connectivity index (χ2n) is 10.7. The third-order valence-electron chi connectivity index (χ3n) is 6.45. The molecule has 1 fully saturated rings. The van der Waals surface area contributed by atoms with Crippen molar-refractivity contribution >= 4 is 22.9 Å². The van der Waals surface area contributed by atoms with E-state index in [1.165, 1.54) is 11.6 Å². The van der Waals surface area contributed by atoms with Crippen LogP contribution in [0.5, 0.6) is 0 Å². The molecule has 3 aromatic rings. The molecule has 1 unspecified atom stereocenters. The van der Waals surface area contributed by atoms with Crippen LogP contribution in [0.2, 0.25) is 0 Å². The van der Waals surface area contributed by atoms with Crippen molar-refractivity contribution in [3.8, 4) is 0 Å². The average molecular weight is 489 g/mol. The third-order valence-corrected chi connectivity index (χ3v) is 6.45. The number of hydrogen-bond donors (Lipinski definition) is 1. The number of aromatic nitrogens is 3. The van der Waals surface area contributed by atoms with Gasteiger partial charge in [-0.15, -0.1) is 0 Å². The van der Waals surface area contributed by atoms with Crippen molar-refractivity contribution < 1.29 is 4.79 Å². The van der Waals surface area contributed by atoms with Crippen LogP contribution in [0, 0.1) is 5.41 Å². The maximum atomic E-state index is 12.6. The van der Waals surface area contributed by atoms with Crippen LogP contribution in [0.3, 0.4) is 0 Å². The number of anilines is 1. The predicted molar refractivity (Wildman–Crippen MR) is 144 cm³/mol. The normalized spacial score (nSPS) is 15.6. The van der Waals surface area contributed by atoms with Gasteiger partial charge in [-0.3, -0.25) is 19.1 Å². The highest BCUT2D eigenvalue weighted by molar-refractivity contribution is 5.87. The van der Waals surface area contributed by atoms with Crippen molar-refractivity contribution in [2.75, 3.05) is 31.5 Å². The highest BCUT2D eigenvalue weighted by Gasteiger charge is 2.20. The van der Waals surface area contributed by atoms with E-state index in [0.717, 1.165) is 43.7 Å². The van der Waals surface area contributed by atoms with E-state index < -0.39 is 0 Å². The summed E-state index contributed by atoms with van der Waals surface area (Å²) in [6.45, 7) is 16.6. The molecule has 2 aromatic heterocycles. The van der Waals surface area contributed by atoms with Crippen LogP contribution in [0.15, 0.2) is 60.0 Å². The molecule has 0 saturated carbocycles. The molecule has 1 N–H and O–H groups in total. The molecule has 4 rings (SSSR count). The maximum Gasteiger partial charge on any atom is 0.252 e. The second-order valence-corrected chi connectivity index (χ2v) is 10.7. The molecule has 190 valence electrons. The summed E-state index contributed by atoms with van der Waals surface area (Å²) in [4.78, 5) is 37.7. The summed E-state index contributed by atoms with van der Waals surface area (Å²) in [5, 5.41) is 4.23. The lowest BCUT2D eigenvalue weighted by Gasteiger charge is -2.34. The van der Waals surface area contributed by atoms with Crippen molar-refractivity contribution in [1.29, 1.82) is 0 Å². The van der Waals surface area contributed by atoms with Gasteiger partial charge in [0.2, 0.25) is 11.9 Å². The number of hydrogen-bond acceptors (Lipinski definition) is 6. The molecule has 1 aliphatic rings. The van der Waals surface area contributed by atoms with Crippen LogP contribution in [-0.4, -0.2) is 56.4 Å². The number of nitrogens with one attached hydrogen (secondary N) is 1. The van der Waals surface area contributed by atoms with Gasteiger partial charge in [0.25, 0.3) is 5.56 Å². The number of nitrogens with zero attached hydrogens (tertiary/aromatic N) is 5. The molecule has 1 atom stereocenters. The fraction of sp³-hybridized carbons (Fsp3) is 0.429. The number of rotatable bonds is 7. The van der Waals surface area contributed by atoms with Gasteiger partial charge >= 0.3 is 0 Å². The molecule has 36 heavy (non-hydrogen) atoms. The molecule has 0 bridgehead atoms. The summed E-state index contributed by atoms with van der Waals surface area (Å²) in [6, 6.07) is 11.9. The zero-order valence-electron chi connectivity index (χ0n) is 21.7. The largest absolute Gasteiger partial charge is 0.348 e. The molecule has 1 amide bonds. The first-order valence-electron chi connectivity index (χ1n) is 12.5. The number of benzene rings is 1. The van der Waals surface area contributed by atoms with E-state index in [-0.39, 0.29) is 22.9 Å². The fourth-order valence-electron chi connectivity index (χ4n) is 4.47. The zero-order valence-corrected chi connectivity index (χ0v) is 21.7. The summed E-state index contributed by atoms with van der Waals surface area (Å²) < 4.78 is 1.73. The molecule has 8 nitrogen and oxygen atoms in total. The molecule has 1 saturated heterocycles. The number of pyridine rings is 1. The van der Waals surface area contributed by atoms with Crippen molar-refractivity contribution in [2.24, 2.45) is 5.41 Å². The van der Waals surface area contributed by atoms with Crippen molar-refractivity contribution in [2.45, 2.75) is 46.8 Å². The number of carbonyl (C=O) groups excluding carboxylic acids is 1. The van der Waals surface area contributed by atoms with Crippen LogP contribution < -0.4 is 10.9 Å². The van der Waals surface area contributed by atoms with Crippen LogP contribution in [-0.2, 0) is 17.9 Å². The Morgan fingerprint density at radius 3 is 2.44 bits per heavy atom. The second kappa shape index (κ2) is 10.6. The van der Waals surface area contributed by atoms with Gasteiger partial charge in [-0.25, -0.2) is 4.98 Å². The van der Waals surface area contributed by atoms with Crippen molar-refractivity contribution in [1.82, 2.24) is 24.3 Å². The van der Waals surface area contributed by atoms with E-state index in [4.69, 9.17) is 4.98 Å². The quantitative estimate of drug-likeness (QED) is 0.509. The Balaban J connectivity index is 1.42. The molecular formula is C28H36N6O2. The monoisotopic (exact) mass is 488 g/mol. The highest BCUT2D eigenvalue weighted by Crippen LogP contribution is 2.22. The van der Waals surface area contributed by atoms with Crippen molar-refractivity contribution in [3.05, 3.63) is 76.7 Å². The average Bonchev–Trinajstić information content (AvgIpc) is 2.85. The van der Waals surface area contributed by atoms with E-state index in [9.17, 15) is 9.59 Å². The Bertz CT molecular complexity index is 1280. The summed E-state index contributed by atoms with van der Waals surface area (Å²) in [6.07, 6.45) is 3.15. The molecular weight excluding hydrogens is 452 g/mol. The first kappa shape index (κ1) is 25.6. The summed E-state index contributed by atoms with van der Waals surface area (Å²) in [7, 11) is 0. The van der Waals surface area contributed by atoms with Gasteiger partial charge in [-0.2, -0.15) is 4.98 Å². The van der Waals surface area contributed by atoms with Crippen LogP contribution in [0.4, 0.5) is 5.95 Å². The molecule has 0 radical (unpaired) electrons. The lowest BCUT2D eigenvalue weighted by atomic mass is 9.97. The van der Waals surface area contributed by atoms with Gasteiger partial charge in [-0.05, 0) is 35.6 Å². The van der Waals surface area contributed by atoms with E-state index in [1.54, 1.807) is 22.9 Å². The topological polar surface area (TPSA) is 83.4 Å². The standard InChI is InChI=1S/C28H36N6O2/c1-6-24(35)33-15-13-32(14-16-33)18-21-7-9-22(10-8-21)20(2)30-27-29-17-23-11-12-25(36)34(26(23)31-27)19-28(3,4)5/h6-12,17,20H,1,13-16,18-19H2,2-5H3,(H,29,30,31). The first-order valence-corrected chi connectivity index (χ1v) is 12.5. The zero-order chi connectivity index (χ0) is 25.9. The first-order chi connectivity index (χ1) is 17.1. The number of amides is 1. The van der Waals surface area contributed by atoms with Gasteiger partial charge in [-0.1, -0.05) is 51.6 Å². The van der Waals surface area contributed by atoms with Crippen LogP contribution in [0.25, 0.3) is 11.0 Å². The van der Waals surface area contributed by atoms with E-state index in [1.807, 2.05) is 4.90 Å². The van der Waals surface area contributed by atoms with Gasteiger partial charge in [0.1, 0.15) is 5.65 Å². The van der Waals surface area contributed by atoms with Crippen LogP contribution >= 0.6 is 0 Å². The number of fused-ring (bicyclic) bond motifs is 1. The van der Waals surface area contributed by atoms with E-state index in [0.29, 0.717) is 18.1 Å². The molecule has 0 spiro atoms. The number of piperazine rings is 1. The molecule has 1 aliphatic heterocycles. The van der Waals surface area contributed by atoms with E-state index >= 15 is 0 Å². The SMILES string of the molecule is C=CC(=O)N1CCN(Cc2ccc(C(C)Nc3ncc4ccc(=O)n(CC(C)(C)C)c4n3)cc2)CC1. The van der Waals surface area contributed by atoms with Gasteiger partial charge in [0, 0.05) is 56.9 Å². The molecule has 0 aliphatic carbocycles. The predicted octanol–water partition coefficient (Wildman–Crippen LogP) is 3.84. The van der Waals surface area contributed by atoms with Crippen molar-refractivity contribution in [3.63, 3.8) is 0 Å². The summed E-state index contributed by atoms with van der Waals surface area (Å²) in [5.41, 5.74) is 2.90. The molecule has 3 heterocycles. The lowest BCUT2D eigenvalue weighted by Crippen LogP contribution is -2.47. The third kappa shape index (κ3) is 6.18. The Morgan fingerprint density at radius 1 is 1.11 bits per heavy atom. The van der Waals surface area contributed by atoms with Gasteiger partial charge in [0.05, 0.1) is 6.04 Å². The smallest absolute Gasteiger partial charge is 0.252 e. The van der Waals surface area contributed by atoms with Crippen LogP contribution in [0.1, 0.15) is 44.9 Å². The van der Waals surface area contributed by atoms with Gasteiger partial charge in [0.15, 0.2) is 0 Å². The fourth-order valence-corrected chi connectivity index (χ4v) is 4.47. The minimum absolute atomic E-state index is 0.00328. The minimum Gasteiger partial charge on any atom is -0.348 e. The Labute approximate surface area is 212 Å². The summed E-state index contributed by atoms with van der Waals surface area (Å²) in [5.74, 6) is 0.507. The van der Waals surface area contributed by atoms with E-state index in [2.05, 4.69) is 73.7 Å². The Hall–Kier alpha value is -3.52. The summed E-state index contributed by atoms with van der Waals surface area (Å²) >= 11 is 0. The Kier molecular flexibility index (Phi) is 7.54. The Morgan fingerprint density at radius 2 is 1.81 bits per heavy atom. The molecule has 1 aromatic carbocycles. The minimum atomic E-state index is -0.0561. The molecule has 8 heteroatoms. The lowest BCUT2D eigenvalue weighted by molar-refractivity contribution is -0.127. The highest BCUT2D eigenvalue weighted by atomic mass is 16.2. The maximum absolute atomic E-state index is 12.6.